The number of benzene rings is 1. The van der Waals surface area contributed by atoms with Gasteiger partial charge in [-0.1, -0.05) is 29.3 Å². The van der Waals surface area contributed by atoms with E-state index in [1.165, 1.54) is 0 Å². The fourth-order valence-electron chi connectivity index (χ4n) is 2.31. The average molecular weight is 274 g/mol. The van der Waals surface area contributed by atoms with E-state index in [-0.39, 0.29) is 6.10 Å². The number of hydrogen-bond acceptors (Lipinski definition) is 2. The second-order valence-corrected chi connectivity index (χ2v) is 5.54. The first-order chi connectivity index (χ1) is 8.15. The van der Waals surface area contributed by atoms with E-state index in [0.717, 1.165) is 37.9 Å². The molecule has 1 fully saturated rings. The van der Waals surface area contributed by atoms with Crippen LogP contribution >= 0.6 is 23.2 Å². The van der Waals surface area contributed by atoms with Crippen molar-refractivity contribution in [2.75, 3.05) is 6.54 Å². The summed E-state index contributed by atoms with van der Waals surface area (Å²) in [5.41, 5.74) is 1.06. The molecule has 2 nitrogen and oxygen atoms in total. The number of aliphatic hydroxyl groups excluding tert-OH is 1. The summed E-state index contributed by atoms with van der Waals surface area (Å²) >= 11 is 11.9. The molecule has 2 N–H and O–H groups in total. The summed E-state index contributed by atoms with van der Waals surface area (Å²) in [6, 6.07) is 5.56. The van der Waals surface area contributed by atoms with Gasteiger partial charge in [0.05, 0.1) is 6.10 Å². The van der Waals surface area contributed by atoms with Crippen molar-refractivity contribution in [2.45, 2.75) is 31.9 Å². The Balaban J connectivity index is 1.78. The van der Waals surface area contributed by atoms with Gasteiger partial charge in [0.2, 0.25) is 0 Å². The zero-order valence-corrected chi connectivity index (χ0v) is 11.1. The van der Waals surface area contributed by atoms with Gasteiger partial charge >= 0.3 is 0 Å². The van der Waals surface area contributed by atoms with E-state index in [1.54, 1.807) is 6.07 Å². The van der Waals surface area contributed by atoms with Crippen molar-refractivity contribution in [3.8, 4) is 0 Å². The highest BCUT2D eigenvalue weighted by Gasteiger charge is 2.22. The van der Waals surface area contributed by atoms with Crippen LogP contribution in [0, 0.1) is 5.92 Å². The van der Waals surface area contributed by atoms with Crippen molar-refractivity contribution < 1.29 is 5.11 Å². The third-order valence-corrected chi connectivity index (χ3v) is 3.86. The van der Waals surface area contributed by atoms with Crippen molar-refractivity contribution in [3.05, 3.63) is 33.8 Å². The molecular weight excluding hydrogens is 257 g/mol. The summed E-state index contributed by atoms with van der Waals surface area (Å²) in [6.45, 7) is 1.69. The Morgan fingerprint density at radius 1 is 1.29 bits per heavy atom. The summed E-state index contributed by atoms with van der Waals surface area (Å²) < 4.78 is 0. The molecule has 0 heterocycles. The maximum Gasteiger partial charge on any atom is 0.0543 e. The quantitative estimate of drug-likeness (QED) is 0.883. The first-order valence-corrected chi connectivity index (χ1v) is 6.73. The lowest BCUT2D eigenvalue weighted by atomic mass is 10.1. The summed E-state index contributed by atoms with van der Waals surface area (Å²) in [5.74, 6) is 0.594. The predicted molar refractivity (Wildman–Crippen MR) is 71.5 cm³/mol. The number of halogens is 2. The molecule has 2 rings (SSSR count). The molecule has 0 saturated heterocycles. The van der Waals surface area contributed by atoms with Crippen molar-refractivity contribution >= 4 is 23.2 Å². The highest BCUT2D eigenvalue weighted by atomic mass is 35.5. The number of nitrogens with one attached hydrogen (secondary N) is 1. The summed E-state index contributed by atoms with van der Waals surface area (Å²) in [7, 11) is 0. The van der Waals surface area contributed by atoms with E-state index in [1.807, 2.05) is 12.1 Å². The Morgan fingerprint density at radius 2 is 2.12 bits per heavy atom. The van der Waals surface area contributed by atoms with Crippen molar-refractivity contribution in [1.82, 2.24) is 5.32 Å². The van der Waals surface area contributed by atoms with Gasteiger partial charge in [-0.3, -0.25) is 0 Å². The van der Waals surface area contributed by atoms with Crippen LogP contribution in [0.25, 0.3) is 0 Å². The van der Waals surface area contributed by atoms with Crippen LogP contribution in [-0.4, -0.2) is 17.8 Å². The molecule has 94 valence electrons. The number of aliphatic hydroxyl groups is 1. The van der Waals surface area contributed by atoms with Crippen LogP contribution in [0.3, 0.4) is 0 Å². The molecule has 4 heteroatoms. The Labute approximate surface area is 112 Å². The molecule has 2 unspecified atom stereocenters. The molecule has 0 amide bonds. The lowest BCUT2D eigenvalue weighted by Crippen LogP contribution is -2.21. The van der Waals surface area contributed by atoms with E-state index in [4.69, 9.17) is 23.2 Å². The summed E-state index contributed by atoms with van der Waals surface area (Å²) in [4.78, 5) is 0. The minimum Gasteiger partial charge on any atom is -0.393 e. The minimum atomic E-state index is -0.0964. The molecule has 1 saturated carbocycles. The van der Waals surface area contributed by atoms with Gasteiger partial charge in [-0.25, -0.2) is 0 Å². The summed E-state index contributed by atoms with van der Waals surface area (Å²) in [5, 5.41) is 14.2. The monoisotopic (exact) mass is 273 g/mol. The number of rotatable bonds is 4. The number of hydrogen-bond donors (Lipinski definition) is 2. The lowest BCUT2D eigenvalue weighted by Gasteiger charge is -2.11. The molecule has 1 aromatic carbocycles. The SMILES string of the molecule is OC1CCC(CNCc2ccc(Cl)cc2Cl)C1. The maximum atomic E-state index is 9.43. The van der Waals surface area contributed by atoms with Crippen molar-refractivity contribution in [1.29, 1.82) is 0 Å². The standard InChI is InChI=1S/C13H17Cl2NO/c14-11-3-2-10(13(15)6-11)8-16-7-9-1-4-12(17)5-9/h2-3,6,9,12,16-17H,1,4-5,7-8H2. The van der Waals surface area contributed by atoms with Crippen LogP contribution in [0.4, 0.5) is 0 Å². The second kappa shape index (κ2) is 6.05. The third-order valence-electron chi connectivity index (χ3n) is 3.28. The highest BCUT2D eigenvalue weighted by Crippen LogP contribution is 2.25. The predicted octanol–water partition coefficient (Wildman–Crippen LogP) is 3.24. The Morgan fingerprint density at radius 3 is 2.76 bits per heavy atom. The van der Waals surface area contributed by atoms with Crippen LogP contribution in [0.15, 0.2) is 18.2 Å². The Kier molecular flexibility index (Phi) is 4.69. The third kappa shape index (κ3) is 3.85. The topological polar surface area (TPSA) is 32.3 Å². The van der Waals surface area contributed by atoms with E-state index in [9.17, 15) is 5.11 Å². The van der Waals surface area contributed by atoms with E-state index in [0.29, 0.717) is 16.0 Å². The molecule has 0 aromatic heterocycles. The first kappa shape index (κ1) is 13.2. The van der Waals surface area contributed by atoms with Gasteiger partial charge in [-0.05, 0) is 49.4 Å². The largest absolute Gasteiger partial charge is 0.393 e. The first-order valence-electron chi connectivity index (χ1n) is 5.98. The van der Waals surface area contributed by atoms with Gasteiger partial charge in [0.15, 0.2) is 0 Å². The van der Waals surface area contributed by atoms with Crippen molar-refractivity contribution in [3.63, 3.8) is 0 Å². The maximum absolute atomic E-state index is 9.43. The minimum absolute atomic E-state index is 0.0964. The van der Waals surface area contributed by atoms with Gasteiger partial charge in [0.1, 0.15) is 0 Å². The van der Waals surface area contributed by atoms with Crippen LogP contribution in [-0.2, 0) is 6.54 Å². The molecule has 17 heavy (non-hydrogen) atoms. The van der Waals surface area contributed by atoms with E-state index in [2.05, 4.69) is 5.32 Å². The molecule has 1 aliphatic carbocycles. The average Bonchev–Trinajstić information content (AvgIpc) is 2.68. The van der Waals surface area contributed by atoms with Gasteiger partial charge in [-0.2, -0.15) is 0 Å². The fraction of sp³-hybridized carbons (Fsp3) is 0.538. The van der Waals surface area contributed by atoms with Gasteiger partial charge in [0, 0.05) is 16.6 Å². The molecule has 2 atom stereocenters. The van der Waals surface area contributed by atoms with Crippen LogP contribution in [0.1, 0.15) is 24.8 Å². The lowest BCUT2D eigenvalue weighted by molar-refractivity contribution is 0.177. The highest BCUT2D eigenvalue weighted by molar-refractivity contribution is 6.35. The van der Waals surface area contributed by atoms with E-state index >= 15 is 0 Å². The van der Waals surface area contributed by atoms with Crippen LogP contribution < -0.4 is 5.32 Å². The van der Waals surface area contributed by atoms with Crippen LogP contribution in [0.2, 0.25) is 10.0 Å². The van der Waals surface area contributed by atoms with Gasteiger partial charge in [-0.15, -0.1) is 0 Å². The zero-order chi connectivity index (χ0) is 12.3. The fourth-order valence-corrected chi connectivity index (χ4v) is 2.79. The zero-order valence-electron chi connectivity index (χ0n) is 9.63. The Bertz CT molecular complexity index is 384. The van der Waals surface area contributed by atoms with Gasteiger partial charge in [0.25, 0.3) is 0 Å². The summed E-state index contributed by atoms with van der Waals surface area (Å²) in [6.07, 6.45) is 2.87. The molecular formula is C13H17Cl2NO. The van der Waals surface area contributed by atoms with Crippen molar-refractivity contribution in [2.24, 2.45) is 5.92 Å². The van der Waals surface area contributed by atoms with Gasteiger partial charge < -0.3 is 10.4 Å². The second-order valence-electron chi connectivity index (χ2n) is 4.70. The Hall–Kier alpha value is -0.280. The van der Waals surface area contributed by atoms with E-state index < -0.39 is 0 Å². The molecule has 0 bridgehead atoms. The normalized spacial score (nSPS) is 24.2. The molecule has 0 radical (unpaired) electrons. The molecule has 1 aliphatic rings. The molecule has 0 spiro atoms. The smallest absolute Gasteiger partial charge is 0.0543 e. The van der Waals surface area contributed by atoms with Crippen LogP contribution in [0.5, 0.6) is 0 Å². The molecule has 0 aliphatic heterocycles. The molecule has 1 aromatic rings.